The van der Waals surface area contributed by atoms with Crippen LogP contribution in [0.2, 0.25) is 0 Å². The number of nitrogens with two attached hydrogens (primary N) is 1. The van der Waals surface area contributed by atoms with Crippen molar-refractivity contribution in [3.8, 4) is 11.3 Å². The predicted octanol–water partition coefficient (Wildman–Crippen LogP) is 3.80. The number of para-hydroxylation sites is 1. The largest absolute Gasteiger partial charge is 0.383 e. The second-order valence-electron chi connectivity index (χ2n) is 8.07. The first kappa shape index (κ1) is 22.5. The molecule has 0 spiro atoms. The Bertz CT molecular complexity index is 1380. The number of fused-ring (bicyclic) bond motifs is 1. The van der Waals surface area contributed by atoms with E-state index in [4.69, 9.17) is 15.5 Å². The third-order valence-corrected chi connectivity index (χ3v) is 5.71. The van der Waals surface area contributed by atoms with Gasteiger partial charge in [-0.3, -0.25) is 9.78 Å². The minimum absolute atomic E-state index is 0.0486. The van der Waals surface area contributed by atoms with E-state index in [1.165, 1.54) is 6.08 Å². The molecule has 0 radical (unpaired) electrons. The highest BCUT2D eigenvalue weighted by molar-refractivity contribution is 6.01. The smallest absolute Gasteiger partial charge is 0.247 e. The van der Waals surface area contributed by atoms with Gasteiger partial charge in [-0.1, -0.05) is 30.8 Å². The van der Waals surface area contributed by atoms with Gasteiger partial charge in [0, 0.05) is 41.6 Å². The summed E-state index contributed by atoms with van der Waals surface area (Å²) in [6.07, 6.45) is 2.89. The molecular formula is C26H25N7O2. The van der Waals surface area contributed by atoms with E-state index >= 15 is 0 Å². The fraction of sp³-hybridized carbons (Fsp3) is 0.154. The number of nitrogen functional groups attached to an aromatic ring is 1. The lowest BCUT2D eigenvalue weighted by Gasteiger charge is -2.24. The third-order valence-electron chi connectivity index (χ3n) is 5.71. The van der Waals surface area contributed by atoms with E-state index < -0.39 is 0 Å². The van der Waals surface area contributed by atoms with Crippen LogP contribution in [0.15, 0.2) is 73.4 Å². The first-order chi connectivity index (χ1) is 17.1. The van der Waals surface area contributed by atoms with Crippen molar-refractivity contribution in [2.75, 3.05) is 36.1 Å². The lowest BCUT2D eigenvalue weighted by Crippen LogP contribution is -2.33. The molecule has 35 heavy (non-hydrogen) atoms. The number of nitrogens with zero attached hydrogens (tertiary/aromatic N) is 3. The van der Waals surface area contributed by atoms with Crippen LogP contribution in [0.3, 0.4) is 0 Å². The van der Waals surface area contributed by atoms with Gasteiger partial charge >= 0.3 is 0 Å². The Morgan fingerprint density at radius 3 is 2.77 bits per heavy atom. The lowest BCUT2D eigenvalue weighted by atomic mass is 10.1. The number of nitrogens with one attached hydrogen (secondary N) is 3. The van der Waals surface area contributed by atoms with Crippen molar-refractivity contribution in [1.29, 1.82) is 0 Å². The van der Waals surface area contributed by atoms with Crippen LogP contribution in [0.25, 0.3) is 22.2 Å². The molecule has 2 aromatic carbocycles. The van der Waals surface area contributed by atoms with Crippen molar-refractivity contribution in [1.82, 2.24) is 20.3 Å². The SMILES string of the molecule is C=CC(=O)Nc1ccnc(-c2cccc3c(N)nc(Nc4ccc(C5CNCCO5)cc4)nc23)c1. The molecule has 3 heterocycles. The molecule has 5 N–H and O–H groups in total. The van der Waals surface area contributed by atoms with E-state index in [0.29, 0.717) is 40.7 Å². The first-order valence-electron chi connectivity index (χ1n) is 11.3. The van der Waals surface area contributed by atoms with Gasteiger partial charge in [0.2, 0.25) is 11.9 Å². The van der Waals surface area contributed by atoms with Crippen LogP contribution in [-0.2, 0) is 9.53 Å². The monoisotopic (exact) mass is 467 g/mol. The number of morpholine rings is 1. The first-order valence-corrected chi connectivity index (χ1v) is 11.3. The minimum Gasteiger partial charge on any atom is -0.383 e. The number of rotatable bonds is 6. The number of aromatic nitrogens is 3. The highest BCUT2D eigenvalue weighted by Gasteiger charge is 2.16. The molecule has 0 saturated carbocycles. The van der Waals surface area contributed by atoms with Crippen LogP contribution < -0.4 is 21.7 Å². The Morgan fingerprint density at radius 2 is 2.00 bits per heavy atom. The number of carbonyl (C=O) groups excluding carboxylic acids is 1. The van der Waals surface area contributed by atoms with Gasteiger partial charge in [-0.15, -0.1) is 0 Å². The molecule has 1 atom stereocenters. The average molecular weight is 468 g/mol. The van der Waals surface area contributed by atoms with Crippen LogP contribution in [0.5, 0.6) is 0 Å². The molecule has 9 heteroatoms. The zero-order valence-electron chi connectivity index (χ0n) is 19.0. The van der Waals surface area contributed by atoms with Crippen molar-refractivity contribution in [3.63, 3.8) is 0 Å². The lowest BCUT2D eigenvalue weighted by molar-refractivity contribution is -0.111. The molecule has 1 aliphatic rings. The summed E-state index contributed by atoms with van der Waals surface area (Å²) in [5.41, 5.74) is 10.9. The standard InChI is InChI=1S/C26H25N7O2/c1-2-23(34)30-18-10-11-29-21(14-18)19-4-3-5-20-24(19)32-26(33-25(20)27)31-17-8-6-16(7-9-17)22-15-28-12-13-35-22/h2-11,14,22,28H,1,12-13,15H2,(H,29,30,34)(H3,27,31,32,33). The summed E-state index contributed by atoms with van der Waals surface area (Å²) >= 11 is 0. The topological polar surface area (TPSA) is 127 Å². The summed E-state index contributed by atoms with van der Waals surface area (Å²) in [4.78, 5) is 25.4. The van der Waals surface area contributed by atoms with E-state index in [1.54, 1.807) is 18.3 Å². The molecule has 1 fully saturated rings. The van der Waals surface area contributed by atoms with Crippen molar-refractivity contribution < 1.29 is 9.53 Å². The normalized spacial score (nSPS) is 15.5. The molecule has 5 rings (SSSR count). The summed E-state index contributed by atoms with van der Waals surface area (Å²) in [5.74, 6) is 0.436. The van der Waals surface area contributed by atoms with E-state index in [-0.39, 0.29) is 12.0 Å². The molecule has 176 valence electrons. The number of hydrogen-bond donors (Lipinski definition) is 4. The van der Waals surface area contributed by atoms with E-state index in [0.717, 1.165) is 29.9 Å². The maximum absolute atomic E-state index is 11.7. The molecule has 1 saturated heterocycles. The van der Waals surface area contributed by atoms with E-state index in [2.05, 4.69) is 32.5 Å². The molecule has 2 aromatic heterocycles. The van der Waals surface area contributed by atoms with E-state index in [9.17, 15) is 4.79 Å². The van der Waals surface area contributed by atoms with Crippen LogP contribution >= 0.6 is 0 Å². The fourth-order valence-corrected chi connectivity index (χ4v) is 3.98. The Morgan fingerprint density at radius 1 is 1.14 bits per heavy atom. The summed E-state index contributed by atoms with van der Waals surface area (Å²) < 4.78 is 5.82. The number of pyridine rings is 1. The molecule has 0 bridgehead atoms. The summed E-state index contributed by atoms with van der Waals surface area (Å²) in [6, 6.07) is 17.1. The number of amides is 1. The van der Waals surface area contributed by atoms with Gasteiger partial charge in [-0.25, -0.2) is 4.98 Å². The Kier molecular flexibility index (Phi) is 6.34. The van der Waals surface area contributed by atoms with Crippen molar-refractivity contribution in [2.45, 2.75) is 6.10 Å². The van der Waals surface area contributed by atoms with Crippen molar-refractivity contribution in [3.05, 3.63) is 79.0 Å². The zero-order valence-corrected chi connectivity index (χ0v) is 19.0. The molecule has 1 unspecified atom stereocenters. The molecule has 4 aromatic rings. The van der Waals surface area contributed by atoms with Crippen molar-refractivity contribution in [2.24, 2.45) is 0 Å². The minimum atomic E-state index is -0.296. The maximum atomic E-state index is 11.7. The average Bonchev–Trinajstić information content (AvgIpc) is 2.89. The Hall–Kier alpha value is -4.34. The zero-order chi connectivity index (χ0) is 24.2. The van der Waals surface area contributed by atoms with Gasteiger partial charge in [0.1, 0.15) is 5.82 Å². The van der Waals surface area contributed by atoms with Crippen LogP contribution in [0, 0.1) is 0 Å². The summed E-state index contributed by atoms with van der Waals surface area (Å²) in [7, 11) is 0. The van der Waals surface area contributed by atoms with Gasteiger partial charge in [-0.2, -0.15) is 4.98 Å². The molecular weight excluding hydrogens is 442 g/mol. The second kappa shape index (κ2) is 9.88. The quantitative estimate of drug-likeness (QED) is 0.315. The van der Waals surface area contributed by atoms with Crippen LogP contribution in [0.4, 0.5) is 23.1 Å². The highest BCUT2D eigenvalue weighted by Crippen LogP contribution is 2.31. The molecule has 0 aliphatic carbocycles. The van der Waals surface area contributed by atoms with Crippen LogP contribution in [-0.4, -0.2) is 40.6 Å². The molecule has 1 amide bonds. The Balaban J connectivity index is 1.45. The second-order valence-corrected chi connectivity index (χ2v) is 8.07. The van der Waals surface area contributed by atoms with Gasteiger partial charge < -0.3 is 26.4 Å². The molecule has 1 aliphatic heterocycles. The van der Waals surface area contributed by atoms with Gasteiger partial charge in [0.15, 0.2) is 0 Å². The van der Waals surface area contributed by atoms with Crippen LogP contribution in [0.1, 0.15) is 11.7 Å². The van der Waals surface area contributed by atoms with Gasteiger partial charge in [-0.05, 0) is 42.0 Å². The summed E-state index contributed by atoms with van der Waals surface area (Å²) in [5, 5.41) is 10.1. The number of hydrogen-bond acceptors (Lipinski definition) is 8. The van der Waals surface area contributed by atoms with Gasteiger partial charge in [0.05, 0.1) is 23.9 Å². The number of benzene rings is 2. The summed E-state index contributed by atoms with van der Waals surface area (Å²) in [6.45, 7) is 5.87. The predicted molar refractivity (Wildman–Crippen MR) is 137 cm³/mol. The van der Waals surface area contributed by atoms with E-state index in [1.807, 2.05) is 42.5 Å². The highest BCUT2D eigenvalue weighted by atomic mass is 16.5. The van der Waals surface area contributed by atoms with Crippen molar-refractivity contribution >= 4 is 40.0 Å². The fourth-order valence-electron chi connectivity index (χ4n) is 3.98. The number of carbonyl (C=O) groups is 1. The Labute approximate surface area is 202 Å². The van der Waals surface area contributed by atoms with Gasteiger partial charge in [0.25, 0.3) is 0 Å². The number of ether oxygens (including phenoxy) is 1. The third kappa shape index (κ3) is 4.96. The molecule has 9 nitrogen and oxygen atoms in total. The maximum Gasteiger partial charge on any atom is 0.247 e. The number of anilines is 4.